The van der Waals surface area contributed by atoms with Crippen molar-refractivity contribution in [3.8, 4) is 0 Å². The molecule has 2 aliphatic heterocycles. The molecular formula is C18H21N3O3S. The standard InChI is InChI=1S/C18H21N3O3S/c1-13-20-15(10-25-13)9-23-16-4-6-24-18(7-16)11-21(12-18)17(22)14-3-2-5-19-8-14/h2-3,5,8,10,16H,4,6-7,9,11-12H2,1H3/t16-/m0/s1. The number of amides is 1. The van der Waals surface area contributed by atoms with Crippen LogP contribution in [0.4, 0.5) is 0 Å². The van der Waals surface area contributed by atoms with Crippen molar-refractivity contribution in [1.29, 1.82) is 0 Å². The van der Waals surface area contributed by atoms with Gasteiger partial charge < -0.3 is 14.4 Å². The van der Waals surface area contributed by atoms with Crippen LogP contribution in [0.2, 0.25) is 0 Å². The van der Waals surface area contributed by atoms with Crippen LogP contribution in [0, 0.1) is 6.92 Å². The minimum absolute atomic E-state index is 0.0170. The van der Waals surface area contributed by atoms with Gasteiger partial charge in [0.2, 0.25) is 0 Å². The van der Waals surface area contributed by atoms with E-state index in [0.29, 0.717) is 31.9 Å². The number of rotatable bonds is 4. The number of carbonyl (C=O) groups is 1. The zero-order valence-electron chi connectivity index (χ0n) is 14.2. The van der Waals surface area contributed by atoms with Crippen LogP contribution in [0.1, 0.15) is 33.9 Å². The van der Waals surface area contributed by atoms with Crippen molar-refractivity contribution in [2.24, 2.45) is 0 Å². The fourth-order valence-corrected chi connectivity index (χ4v) is 4.09. The molecule has 6 nitrogen and oxygen atoms in total. The second-order valence-electron chi connectivity index (χ2n) is 6.72. The molecule has 1 spiro atoms. The molecule has 25 heavy (non-hydrogen) atoms. The van der Waals surface area contributed by atoms with Crippen LogP contribution in [0.25, 0.3) is 0 Å². The Hall–Kier alpha value is -1.83. The number of nitrogens with zero attached hydrogens (tertiary/aromatic N) is 3. The molecule has 7 heteroatoms. The predicted octanol–water partition coefficient (Wildman–Crippen LogP) is 2.44. The van der Waals surface area contributed by atoms with Crippen LogP contribution >= 0.6 is 11.3 Å². The van der Waals surface area contributed by atoms with E-state index in [9.17, 15) is 4.79 Å². The van der Waals surface area contributed by atoms with E-state index in [4.69, 9.17) is 9.47 Å². The fraction of sp³-hybridized carbons (Fsp3) is 0.500. The third kappa shape index (κ3) is 3.58. The monoisotopic (exact) mass is 359 g/mol. The molecule has 2 aromatic heterocycles. The van der Waals surface area contributed by atoms with E-state index in [1.807, 2.05) is 17.2 Å². The van der Waals surface area contributed by atoms with Crippen molar-refractivity contribution in [2.75, 3.05) is 19.7 Å². The number of carbonyl (C=O) groups excluding carboxylic acids is 1. The summed E-state index contributed by atoms with van der Waals surface area (Å²) in [7, 11) is 0. The summed E-state index contributed by atoms with van der Waals surface area (Å²) in [6.07, 6.45) is 5.15. The van der Waals surface area contributed by atoms with Gasteiger partial charge in [0.15, 0.2) is 0 Å². The van der Waals surface area contributed by atoms with Gasteiger partial charge in [-0.3, -0.25) is 9.78 Å². The minimum atomic E-state index is -0.251. The van der Waals surface area contributed by atoms with Crippen molar-refractivity contribution in [1.82, 2.24) is 14.9 Å². The molecule has 0 aromatic carbocycles. The number of aryl methyl sites for hydroxylation is 1. The molecule has 0 radical (unpaired) electrons. The smallest absolute Gasteiger partial charge is 0.255 e. The molecule has 1 atom stereocenters. The Morgan fingerprint density at radius 1 is 1.52 bits per heavy atom. The number of aromatic nitrogens is 2. The molecular weight excluding hydrogens is 338 g/mol. The highest BCUT2D eigenvalue weighted by Crippen LogP contribution is 2.36. The highest BCUT2D eigenvalue weighted by Gasteiger charge is 2.49. The van der Waals surface area contributed by atoms with E-state index in [0.717, 1.165) is 23.5 Å². The summed E-state index contributed by atoms with van der Waals surface area (Å²) in [6.45, 7) is 4.46. The number of hydrogen-bond donors (Lipinski definition) is 0. The molecule has 0 saturated carbocycles. The van der Waals surface area contributed by atoms with Crippen molar-refractivity contribution >= 4 is 17.2 Å². The summed E-state index contributed by atoms with van der Waals surface area (Å²) in [5.74, 6) is 0.0170. The summed E-state index contributed by atoms with van der Waals surface area (Å²) < 4.78 is 12.0. The quantitative estimate of drug-likeness (QED) is 0.839. The molecule has 2 saturated heterocycles. The van der Waals surface area contributed by atoms with Crippen molar-refractivity contribution < 1.29 is 14.3 Å². The Bertz CT molecular complexity index is 743. The first-order valence-electron chi connectivity index (χ1n) is 8.49. The first kappa shape index (κ1) is 16.6. The largest absolute Gasteiger partial charge is 0.372 e. The maximum atomic E-state index is 12.4. The van der Waals surface area contributed by atoms with Crippen LogP contribution in [-0.2, 0) is 16.1 Å². The average Bonchev–Trinajstić information content (AvgIpc) is 3.03. The Morgan fingerprint density at radius 2 is 2.40 bits per heavy atom. The number of ether oxygens (including phenoxy) is 2. The van der Waals surface area contributed by atoms with Gasteiger partial charge in [-0.2, -0.15) is 0 Å². The van der Waals surface area contributed by atoms with Gasteiger partial charge >= 0.3 is 0 Å². The Labute approximate surface area is 150 Å². The van der Waals surface area contributed by atoms with Crippen molar-refractivity contribution in [2.45, 2.75) is 38.1 Å². The molecule has 0 unspecified atom stereocenters. The maximum Gasteiger partial charge on any atom is 0.255 e. The first-order valence-corrected chi connectivity index (χ1v) is 9.37. The second kappa shape index (κ2) is 6.82. The molecule has 2 aromatic rings. The second-order valence-corrected chi connectivity index (χ2v) is 7.78. The van der Waals surface area contributed by atoms with E-state index in [1.54, 1.807) is 35.9 Å². The van der Waals surface area contributed by atoms with E-state index >= 15 is 0 Å². The van der Waals surface area contributed by atoms with Gasteiger partial charge in [-0.15, -0.1) is 11.3 Å². The molecule has 132 valence electrons. The number of likely N-dealkylation sites (tertiary alicyclic amines) is 1. The summed E-state index contributed by atoms with van der Waals surface area (Å²) >= 11 is 1.64. The molecule has 2 fully saturated rings. The van der Waals surface area contributed by atoms with Gasteiger partial charge in [0.25, 0.3) is 5.91 Å². The van der Waals surface area contributed by atoms with Gasteiger partial charge in [0.1, 0.15) is 5.60 Å². The van der Waals surface area contributed by atoms with Gasteiger partial charge in [-0.1, -0.05) is 0 Å². The van der Waals surface area contributed by atoms with E-state index in [2.05, 4.69) is 9.97 Å². The lowest BCUT2D eigenvalue weighted by molar-refractivity contribution is -0.188. The average molecular weight is 359 g/mol. The predicted molar refractivity (Wildman–Crippen MR) is 93.5 cm³/mol. The Morgan fingerprint density at radius 3 is 3.12 bits per heavy atom. The van der Waals surface area contributed by atoms with Crippen molar-refractivity contribution in [3.05, 3.63) is 46.2 Å². The molecule has 4 rings (SSSR count). The lowest BCUT2D eigenvalue weighted by atomic mass is 9.84. The highest BCUT2D eigenvalue weighted by atomic mass is 32.1. The third-order valence-electron chi connectivity index (χ3n) is 4.73. The molecule has 2 aliphatic rings. The lowest BCUT2D eigenvalue weighted by Gasteiger charge is -2.53. The Balaban J connectivity index is 1.31. The SMILES string of the molecule is Cc1nc(CO[C@H]2CCOC3(C2)CN(C(=O)c2cccnc2)C3)cs1. The van der Waals surface area contributed by atoms with Crippen LogP contribution in [0.15, 0.2) is 29.9 Å². The number of hydrogen-bond acceptors (Lipinski definition) is 6. The van der Waals surface area contributed by atoms with Gasteiger partial charge in [0.05, 0.1) is 42.1 Å². The molecule has 1 amide bonds. The van der Waals surface area contributed by atoms with E-state index in [1.165, 1.54) is 0 Å². The zero-order chi connectivity index (χ0) is 17.3. The van der Waals surface area contributed by atoms with Crippen LogP contribution in [0.5, 0.6) is 0 Å². The summed E-state index contributed by atoms with van der Waals surface area (Å²) in [5.41, 5.74) is 1.36. The lowest BCUT2D eigenvalue weighted by Crippen LogP contribution is -2.67. The number of thiazole rings is 1. The summed E-state index contributed by atoms with van der Waals surface area (Å²) in [6, 6.07) is 3.58. The molecule has 0 aliphatic carbocycles. The van der Waals surface area contributed by atoms with Crippen LogP contribution in [0.3, 0.4) is 0 Å². The third-order valence-corrected chi connectivity index (χ3v) is 5.56. The summed E-state index contributed by atoms with van der Waals surface area (Å²) in [5, 5.41) is 3.10. The fourth-order valence-electron chi connectivity index (χ4n) is 3.49. The first-order chi connectivity index (χ1) is 12.1. The van der Waals surface area contributed by atoms with Gasteiger partial charge in [0, 0.05) is 30.8 Å². The molecule has 0 bridgehead atoms. The molecule has 0 N–H and O–H groups in total. The summed E-state index contributed by atoms with van der Waals surface area (Å²) in [4.78, 5) is 22.7. The van der Waals surface area contributed by atoms with Crippen molar-refractivity contribution in [3.63, 3.8) is 0 Å². The van der Waals surface area contributed by atoms with Crippen LogP contribution in [-0.4, -0.2) is 52.2 Å². The maximum absolute atomic E-state index is 12.4. The van der Waals surface area contributed by atoms with E-state index in [-0.39, 0.29) is 17.6 Å². The van der Waals surface area contributed by atoms with Crippen LogP contribution < -0.4 is 0 Å². The minimum Gasteiger partial charge on any atom is -0.372 e. The van der Waals surface area contributed by atoms with E-state index < -0.39 is 0 Å². The zero-order valence-corrected chi connectivity index (χ0v) is 15.0. The normalized spacial score (nSPS) is 22.0. The molecule has 4 heterocycles. The van der Waals surface area contributed by atoms with Gasteiger partial charge in [-0.25, -0.2) is 4.98 Å². The number of pyridine rings is 1. The highest BCUT2D eigenvalue weighted by molar-refractivity contribution is 7.09. The Kier molecular flexibility index (Phi) is 4.54. The topological polar surface area (TPSA) is 64.6 Å². The van der Waals surface area contributed by atoms with Gasteiger partial charge in [-0.05, 0) is 25.5 Å².